The van der Waals surface area contributed by atoms with Crippen LogP contribution in [0.15, 0.2) is 17.6 Å². The molecule has 0 aliphatic carbocycles. The van der Waals surface area contributed by atoms with Crippen molar-refractivity contribution >= 4 is 11.8 Å². The van der Waals surface area contributed by atoms with E-state index in [9.17, 15) is 0 Å². The molecule has 0 atom stereocenters. The maximum Gasteiger partial charge on any atom is 0.187 e. The lowest BCUT2D eigenvalue weighted by Gasteiger charge is -2.24. The highest BCUT2D eigenvalue weighted by atomic mass is 32.2. The zero-order valence-electron chi connectivity index (χ0n) is 9.89. The van der Waals surface area contributed by atoms with E-state index in [1.165, 1.54) is 0 Å². The number of aromatic nitrogens is 2. The lowest BCUT2D eigenvalue weighted by atomic mass is 10.3. The zero-order chi connectivity index (χ0) is 11.9. The highest BCUT2D eigenvalue weighted by molar-refractivity contribution is 7.99. The molecule has 17 heavy (non-hydrogen) atoms. The smallest absolute Gasteiger partial charge is 0.187 e. The van der Waals surface area contributed by atoms with Crippen molar-refractivity contribution in [3.8, 4) is 0 Å². The number of methoxy groups -OCH3 is 1. The molecule has 94 valence electrons. The monoisotopic (exact) mass is 255 g/mol. The average Bonchev–Trinajstić information content (AvgIpc) is 2.31. The third kappa shape index (κ3) is 4.23. The van der Waals surface area contributed by atoms with Gasteiger partial charge in [-0.1, -0.05) is 11.8 Å². The first-order valence-corrected chi connectivity index (χ1v) is 6.51. The van der Waals surface area contributed by atoms with Crippen molar-refractivity contribution < 1.29 is 9.47 Å². The van der Waals surface area contributed by atoms with Crippen LogP contribution in [0.4, 0.5) is 0 Å². The van der Waals surface area contributed by atoms with E-state index in [0.29, 0.717) is 5.25 Å². The molecule has 0 spiro atoms. The van der Waals surface area contributed by atoms with Crippen molar-refractivity contribution in [1.29, 1.82) is 0 Å². The van der Waals surface area contributed by atoms with Gasteiger partial charge in [0.25, 0.3) is 0 Å². The Morgan fingerprint density at radius 2 is 2.24 bits per heavy atom. The molecule has 1 saturated heterocycles. The number of nitrogens with one attached hydrogen (secondary N) is 1. The topological polar surface area (TPSA) is 56.3 Å². The van der Waals surface area contributed by atoms with Gasteiger partial charge in [-0.25, -0.2) is 9.97 Å². The molecule has 1 fully saturated rings. The molecule has 2 heterocycles. The van der Waals surface area contributed by atoms with Gasteiger partial charge in [-0.2, -0.15) is 0 Å². The molecule has 1 aliphatic rings. The minimum Gasteiger partial charge on any atom is -0.383 e. The Labute approximate surface area is 105 Å². The molecule has 0 unspecified atom stereocenters. The molecular weight excluding hydrogens is 238 g/mol. The number of thioether (sulfide) groups is 1. The maximum absolute atomic E-state index is 5.11. The van der Waals surface area contributed by atoms with E-state index >= 15 is 0 Å². The van der Waals surface area contributed by atoms with Gasteiger partial charge in [0.2, 0.25) is 0 Å². The van der Waals surface area contributed by atoms with E-state index in [4.69, 9.17) is 9.47 Å². The molecule has 6 heteroatoms. The van der Waals surface area contributed by atoms with Gasteiger partial charge in [0.15, 0.2) is 5.16 Å². The van der Waals surface area contributed by atoms with Gasteiger partial charge in [0.1, 0.15) is 0 Å². The zero-order valence-corrected chi connectivity index (χ0v) is 10.7. The van der Waals surface area contributed by atoms with Crippen molar-refractivity contribution in [2.45, 2.75) is 17.0 Å². The van der Waals surface area contributed by atoms with Crippen LogP contribution in [0.3, 0.4) is 0 Å². The van der Waals surface area contributed by atoms with Crippen LogP contribution in [-0.4, -0.2) is 48.7 Å². The van der Waals surface area contributed by atoms with Gasteiger partial charge in [-0.15, -0.1) is 0 Å². The lowest BCUT2D eigenvalue weighted by molar-refractivity contribution is 0.0454. The largest absolute Gasteiger partial charge is 0.383 e. The molecule has 0 aromatic carbocycles. The maximum atomic E-state index is 5.11. The van der Waals surface area contributed by atoms with Gasteiger partial charge in [-0.3, -0.25) is 0 Å². The van der Waals surface area contributed by atoms with Crippen molar-refractivity contribution in [2.75, 3.05) is 33.5 Å². The van der Waals surface area contributed by atoms with Gasteiger partial charge in [0.05, 0.1) is 25.1 Å². The second kappa shape index (κ2) is 6.90. The molecule has 5 nitrogen and oxygen atoms in total. The summed E-state index contributed by atoms with van der Waals surface area (Å²) in [5, 5.41) is 4.61. The number of hydrogen-bond acceptors (Lipinski definition) is 6. The summed E-state index contributed by atoms with van der Waals surface area (Å²) < 4.78 is 10.1. The molecule has 1 aromatic heterocycles. The highest BCUT2D eigenvalue weighted by Gasteiger charge is 2.20. The van der Waals surface area contributed by atoms with Crippen molar-refractivity contribution in [2.24, 2.45) is 0 Å². The molecule has 0 amide bonds. The van der Waals surface area contributed by atoms with Gasteiger partial charge < -0.3 is 14.8 Å². The van der Waals surface area contributed by atoms with Crippen LogP contribution in [0.1, 0.15) is 5.56 Å². The molecule has 2 rings (SSSR count). The van der Waals surface area contributed by atoms with Crippen LogP contribution in [-0.2, 0) is 16.0 Å². The Morgan fingerprint density at radius 1 is 1.47 bits per heavy atom. The predicted molar refractivity (Wildman–Crippen MR) is 66.1 cm³/mol. The molecular formula is C11H17N3O2S. The third-order valence-electron chi connectivity index (χ3n) is 2.37. The van der Waals surface area contributed by atoms with Crippen LogP contribution in [0.5, 0.6) is 0 Å². The highest BCUT2D eigenvalue weighted by Crippen LogP contribution is 2.24. The van der Waals surface area contributed by atoms with E-state index in [0.717, 1.165) is 43.6 Å². The SMILES string of the molecule is COCCNCc1cnc(SC2COC2)nc1. The van der Waals surface area contributed by atoms with Crippen molar-refractivity contribution in [3.63, 3.8) is 0 Å². The van der Waals surface area contributed by atoms with E-state index < -0.39 is 0 Å². The molecule has 1 aromatic rings. The van der Waals surface area contributed by atoms with Crippen LogP contribution in [0.25, 0.3) is 0 Å². The fourth-order valence-corrected chi connectivity index (χ4v) is 2.19. The second-order valence-corrected chi connectivity index (χ2v) is 5.09. The molecule has 0 radical (unpaired) electrons. The summed E-state index contributed by atoms with van der Waals surface area (Å²) in [5.74, 6) is 0. The fourth-order valence-electron chi connectivity index (χ4n) is 1.33. The van der Waals surface area contributed by atoms with Crippen molar-refractivity contribution in [1.82, 2.24) is 15.3 Å². The van der Waals surface area contributed by atoms with E-state index in [-0.39, 0.29) is 0 Å². The van der Waals surface area contributed by atoms with Gasteiger partial charge in [0, 0.05) is 38.2 Å². The quantitative estimate of drug-likeness (QED) is 0.572. The van der Waals surface area contributed by atoms with Crippen molar-refractivity contribution in [3.05, 3.63) is 18.0 Å². The van der Waals surface area contributed by atoms with E-state index in [1.807, 2.05) is 12.4 Å². The summed E-state index contributed by atoms with van der Waals surface area (Å²) in [7, 11) is 1.70. The average molecular weight is 255 g/mol. The minimum atomic E-state index is 0.528. The molecule has 1 N–H and O–H groups in total. The van der Waals surface area contributed by atoms with Crippen LogP contribution < -0.4 is 5.32 Å². The number of ether oxygens (including phenoxy) is 2. The first-order chi connectivity index (χ1) is 8.38. The fraction of sp³-hybridized carbons (Fsp3) is 0.636. The summed E-state index contributed by atoms with van der Waals surface area (Å²) >= 11 is 1.68. The number of nitrogens with zero attached hydrogens (tertiary/aromatic N) is 2. The molecule has 0 saturated carbocycles. The van der Waals surface area contributed by atoms with Gasteiger partial charge in [-0.05, 0) is 0 Å². The standard InChI is InChI=1S/C11H17N3O2S/c1-15-3-2-12-4-9-5-13-11(14-6-9)17-10-7-16-8-10/h5-6,10,12H,2-4,7-8H2,1H3. The first-order valence-electron chi connectivity index (χ1n) is 5.63. The molecule has 0 bridgehead atoms. The summed E-state index contributed by atoms with van der Waals surface area (Å²) in [4.78, 5) is 8.65. The summed E-state index contributed by atoms with van der Waals surface area (Å²) in [6, 6.07) is 0. The summed E-state index contributed by atoms with van der Waals surface area (Å²) in [6.07, 6.45) is 3.74. The predicted octanol–water partition coefficient (Wildman–Crippen LogP) is 0.703. The Kier molecular flexibility index (Phi) is 5.18. The van der Waals surface area contributed by atoms with Crippen LogP contribution in [0, 0.1) is 0 Å². The van der Waals surface area contributed by atoms with E-state index in [1.54, 1.807) is 18.9 Å². The third-order valence-corrected chi connectivity index (χ3v) is 3.40. The first kappa shape index (κ1) is 12.8. The number of hydrogen-bond donors (Lipinski definition) is 1. The lowest BCUT2D eigenvalue weighted by Crippen LogP contribution is -2.30. The van der Waals surface area contributed by atoms with Crippen LogP contribution in [0.2, 0.25) is 0 Å². The second-order valence-electron chi connectivity index (χ2n) is 3.82. The van der Waals surface area contributed by atoms with Gasteiger partial charge >= 0.3 is 0 Å². The summed E-state index contributed by atoms with van der Waals surface area (Å²) in [5.41, 5.74) is 1.09. The Bertz CT molecular complexity index is 330. The molecule has 1 aliphatic heterocycles. The van der Waals surface area contributed by atoms with Crippen LogP contribution >= 0.6 is 11.8 Å². The Morgan fingerprint density at radius 3 is 2.82 bits per heavy atom. The Balaban J connectivity index is 1.72. The number of rotatable bonds is 7. The normalized spacial score (nSPS) is 15.8. The summed E-state index contributed by atoms with van der Waals surface area (Å²) in [6.45, 7) is 3.96. The Hall–Kier alpha value is -0.690. The minimum absolute atomic E-state index is 0.528. The van der Waals surface area contributed by atoms with E-state index in [2.05, 4.69) is 15.3 Å².